The Kier molecular flexibility index (Phi) is 8.45. The van der Waals surface area contributed by atoms with Gasteiger partial charge in [0, 0.05) is 11.6 Å². The molecule has 12 heteroatoms. The molecule has 0 radical (unpaired) electrons. The second kappa shape index (κ2) is 11.5. The molecule has 10 nitrogen and oxygen atoms in total. The van der Waals surface area contributed by atoms with Gasteiger partial charge in [0.05, 0.1) is 16.2 Å². The van der Waals surface area contributed by atoms with Crippen molar-refractivity contribution < 1.29 is 23.7 Å². The monoisotopic (exact) mass is 518 g/mol. The van der Waals surface area contributed by atoms with Crippen LogP contribution in [0, 0.1) is 17.0 Å². The normalized spacial score (nSPS) is 11.8. The molecule has 3 rings (SSSR count). The van der Waals surface area contributed by atoms with Crippen molar-refractivity contribution in [2.24, 2.45) is 5.10 Å². The lowest BCUT2D eigenvalue weighted by atomic mass is 10.1. The van der Waals surface area contributed by atoms with Crippen molar-refractivity contribution >= 4 is 46.9 Å². The van der Waals surface area contributed by atoms with Crippen LogP contribution in [-0.2, 0) is 9.59 Å². The summed E-state index contributed by atoms with van der Waals surface area (Å²) in [4.78, 5) is 34.6. The number of hydrogen-bond donors (Lipinski definition) is 2. The number of rotatable bonds is 9. The van der Waals surface area contributed by atoms with E-state index in [0.717, 1.165) is 11.6 Å². The van der Waals surface area contributed by atoms with E-state index >= 15 is 0 Å². The van der Waals surface area contributed by atoms with Gasteiger partial charge in [0.25, 0.3) is 17.5 Å². The fourth-order valence-corrected chi connectivity index (χ4v) is 3.38. The van der Waals surface area contributed by atoms with Gasteiger partial charge in [0.1, 0.15) is 28.3 Å². The quantitative estimate of drug-likeness (QED) is 0.243. The number of nitro benzene ring substituents is 1. The molecule has 0 aliphatic carbocycles. The van der Waals surface area contributed by atoms with Gasteiger partial charge >= 0.3 is 0 Å². The highest BCUT2D eigenvalue weighted by atomic mass is 35.5. The minimum absolute atomic E-state index is 0.0863. The number of benzene rings is 2. The molecule has 0 bridgehead atoms. The first kappa shape index (κ1) is 25.7. The molecular formula is C23H20Cl2N4O6. The Bertz CT molecular complexity index is 1290. The number of nitro groups is 1. The molecule has 0 saturated carbocycles. The van der Waals surface area contributed by atoms with E-state index in [0.29, 0.717) is 17.1 Å². The third-order valence-electron chi connectivity index (χ3n) is 4.72. The van der Waals surface area contributed by atoms with Crippen molar-refractivity contribution in [1.29, 1.82) is 0 Å². The fraction of sp³-hybridized carbons (Fsp3) is 0.174. The summed E-state index contributed by atoms with van der Waals surface area (Å²) in [6, 6.07) is 12.0. The van der Waals surface area contributed by atoms with E-state index in [1.165, 1.54) is 19.2 Å². The number of furan rings is 1. The first-order chi connectivity index (χ1) is 16.7. The number of nitrogens with one attached hydrogen (secondary N) is 2. The highest BCUT2D eigenvalue weighted by Gasteiger charge is 2.19. The number of aryl methyl sites for hydroxylation is 1. The number of carbonyl (C=O) groups excluding carboxylic acids is 2. The Hall–Kier alpha value is -3.89. The molecule has 0 aliphatic rings. The van der Waals surface area contributed by atoms with Crippen molar-refractivity contribution in [2.75, 3.05) is 6.61 Å². The number of amides is 2. The molecule has 0 fully saturated rings. The van der Waals surface area contributed by atoms with Gasteiger partial charge in [0.15, 0.2) is 6.61 Å². The van der Waals surface area contributed by atoms with Crippen LogP contribution >= 0.6 is 23.2 Å². The number of halogens is 2. The highest BCUT2D eigenvalue weighted by molar-refractivity contribution is 6.36. The number of hydrogen-bond acceptors (Lipinski definition) is 7. The van der Waals surface area contributed by atoms with Gasteiger partial charge in [-0.1, -0.05) is 41.4 Å². The van der Waals surface area contributed by atoms with Crippen molar-refractivity contribution in [2.45, 2.75) is 19.9 Å². The second-order valence-corrected chi connectivity index (χ2v) is 8.13. The third-order valence-corrected chi connectivity index (χ3v) is 5.33. The Morgan fingerprint density at radius 2 is 1.94 bits per heavy atom. The summed E-state index contributed by atoms with van der Waals surface area (Å²) in [5.74, 6) is 0.138. The highest BCUT2D eigenvalue weighted by Crippen LogP contribution is 2.37. The van der Waals surface area contributed by atoms with E-state index in [4.69, 9.17) is 32.4 Å². The number of ether oxygens (including phenoxy) is 1. The minimum Gasteiger partial charge on any atom is -0.484 e. The van der Waals surface area contributed by atoms with Crippen LogP contribution in [0.5, 0.6) is 5.75 Å². The zero-order chi connectivity index (χ0) is 25.5. The largest absolute Gasteiger partial charge is 0.484 e. The van der Waals surface area contributed by atoms with Crippen LogP contribution in [0.3, 0.4) is 0 Å². The second-order valence-electron chi connectivity index (χ2n) is 7.32. The molecule has 2 N–H and O–H groups in total. The third kappa shape index (κ3) is 6.81. The van der Waals surface area contributed by atoms with Crippen molar-refractivity contribution in [3.8, 4) is 17.1 Å². The molecule has 35 heavy (non-hydrogen) atoms. The van der Waals surface area contributed by atoms with E-state index in [2.05, 4.69) is 15.8 Å². The first-order valence-electron chi connectivity index (χ1n) is 10.2. The smallest absolute Gasteiger partial charge is 0.289 e. The molecule has 0 unspecified atom stereocenters. The topological polar surface area (TPSA) is 136 Å². The molecular weight excluding hydrogens is 499 g/mol. The molecule has 2 aromatic carbocycles. The zero-order valence-electron chi connectivity index (χ0n) is 18.6. The molecule has 1 aromatic heterocycles. The lowest BCUT2D eigenvalue weighted by Gasteiger charge is -2.13. The lowest BCUT2D eigenvalue weighted by Crippen LogP contribution is -2.45. The van der Waals surface area contributed by atoms with Gasteiger partial charge in [-0.05, 0) is 43.7 Å². The molecule has 1 heterocycles. The number of hydrazone groups is 1. The van der Waals surface area contributed by atoms with Gasteiger partial charge in [-0.25, -0.2) is 5.43 Å². The summed E-state index contributed by atoms with van der Waals surface area (Å²) in [5, 5.41) is 17.3. The molecule has 1 atom stereocenters. The van der Waals surface area contributed by atoms with Gasteiger partial charge in [-0.15, -0.1) is 0 Å². The van der Waals surface area contributed by atoms with Crippen LogP contribution in [0.15, 0.2) is 58.0 Å². The van der Waals surface area contributed by atoms with E-state index in [9.17, 15) is 19.7 Å². The van der Waals surface area contributed by atoms with Gasteiger partial charge in [0.2, 0.25) is 0 Å². The molecule has 2 amide bonds. The molecule has 0 saturated heterocycles. The van der Waals surface area contributed by atoms with Crippen LogP contribution in [0.4, 0.5) is 5.69 Å². The van der Waals surface area contributed by atoms with E-state index in [-0.39, 0.29) is 28.1 Å². The van der Waals surface area contributed by atoms with Gasteiger partial charge < -0.3 is 14.5 Å². The minimum atomic E-state index is -0.867. The van der Waals surface area contributed by atoms with E-state index < -0.39 is 22.8 Å². The number of para-hydroxylation sites is 1. The summed E-state index contributed by atoms with van der Waals surface area (Å²) in [6.07, 6.45) is 1.25. The Labute approximate surface area is 210 Å². The van der Waals surface area contributed by atoms with Crippen LogP contribution in [0.25, 0.3) is 11.3 Å². The Morgan fingerprint density at radius 3 is 2.66 bits per heavy atom. The van der Waals surface area contributed by atoms with Crippen LogP contribution in [0.1, 0.15) is 18.2 Å². The maximum absolute atomic E-state index is 12.2. The Morgan fingerprint density at radius 1 is 1.20 bits per heavy atom. The SMILES string of the molecule is Cc1ccccc1OCC(=O)N[C@@H](C)C(=O)N/N=C\c1ccc(-c2cc(Cl)c([N+](=O)[O-])cc2Cl)o1. The maximum Gasteiger partial charge on any atom is 0.289 e. The Balaban J connectivity index is 1.53. The average molecular weight is 519 g/mol. The van der Waals surface area contributed by atoms with E-state index in [1.54, 1.807) is 24.3 Å². The summed E-state index contributed by atoms with van der Waals surface area (Å²) in [7, 11) is 0. The van der Waals surface area contributed by atoms with Gasteiger partial charge in [-0.3, -0.25) is 19.7 Å². The van der Waals surface area contributed by atoms with Crippen LogP contribution in [0.2, 0.25) is 10.0 Å². The average Bonchev–Trinajstić information content (AvgIpc) is 3.28. The zero-order valence-corrected chi connectivity index (χ0v) is 20.1. The fourth-order valence-electron chi connectivity index (χ4n) is 2.90. The van der Waals surface area contributed by atoms with E-state index in [1.807, 2.05) is 19.1 Å². The van der Waals surface area contributed by atoms with Crippen molar-refractivity contribution in [3.63, 3.8) is 0 Å². The van der Waals surface area contributed by atoms with Gasteiger partial charge in [-0.2, -0.15) is 5.10 Å². The number of nitrogens with zero attached hydrogens (tertiary/aromatic N) is 2. The van der Waals surface area contributed by atoms with Crippen molar-refractivity contribution in [1.82, 2.24) is 10.7 Å². The molecule has 182 valence electrons. The maximum atomic E-state index is 12.2. The summed E-state index contributed by atoms with van der Waals surface area (Å²) in [5.41, 5.74) is 3.23. The first-order valence-corrected chi connectivity index (χ1v) is 11.0. The summed E-state index contributed by atoms with van der Waals surface area (Å²) in [6.45, 7) is 3.12. The summed E-state index contributed by atoms with van der Waals surface area (Å²) >= 11 is 12.1. The summed E-state index contributed by atoms with van der Waals surface area (Å²) < 4.78 is 11.1. The predicted octanol–water partition coefficient (Wildman–Crippen LogP) is 4.50. The molecule has 0 aliphatic heterocycles. The molecule has 0 spiro atoms. The number of carbonyl (C=O) groups is 2. The predicted molar refractivity (Wildman–Crippen MR) is 131 cm³/mol. The molecule has 3 aromatic rings. The lowest BCUT2D eigenvalue weighted by molar-refractivity contribution is -0.384. The van der Waals surface area contributed by atoms with Crippen molar-refractivity contribution in [3.05, 3.63) is 80.0 Å². The van der Waals surface area contributed by atoms with Crippen LogP contribution < -0.4 is 15.5 Å². The standard InChI is InChI=1S/C23H20Cl2N4O6/c1-13-5-3-4-6-20(13)34-12-22(30)27-14(2)23(31)28-26-11-15-7-8-21(35-15)16-9-18(25)19(29(32)33)10-17(16)24/h3-11,14H,12H2,1-2H3,(H,27,30)(H,28,31)/b26-11-/t14-/m0/s1. The van der Waals surface area contributed by atoms with Crippen LogP contribution in [-0.4, -0.2) is 35.6 Å².